The van der Waals surface area contributed by atoms with Gasteiger partial charge in [-0.2, -0.15) is 0 Å². The summed E-state index contributed by atoms with van der Waals surface area (Å²) in [6, 6.07) is 28.5. The summed E-state index contributed by atoms with van der Waals surface area (Å²) in [4.78, 5) is 12.9. The van der Waals surface area contributed by atoms with Crippen LogP contribution in [0.3, 0.4) is 0 Å². The normalized spacial score (nSPS) is 15.4. The second-order valence-electron chi connectivity index (χ2n) is 8.68. The molecule has 0 heterocycles. The highest BCUT2D eigenvalue weighted by atomic mass is 16.5. The molecule has 32 heavy (non-hydrogen) atoms. The Balaban J connectivity index is 1.30. The van der Waals surface area contributed by atoms with Crippen LogP contribution in [0, 0.1) is 0 Å². The first-order chi connectivity index (χ1) is 15.7. The van der Waals surface area contributed by atoms with E-state index in [4.69, 9.17) is 4.74 Å². The van der Waals surface area contributed by atoms with Gasteiger partial charge in [-0.05, 0) is 55.1 Å². The van der Waals surface area contributed by atoms with E-state index < -0.39 is 0 Å². The predicted octanol–water partition coefficient (Wildman–Crippen LogP) is 4.63. The first-order valence-electron chi connectivity index (χ1n) is 11.4. The number of hydrogen-bond acceptors (Lipinski definition) is 3. The average molecular weight is 429 g/mol. The van der Waals surface area contributed by atoms with Crippen LogP contribution in [-0.4, -0.2) is 25.5 Å². The third kappa shape index (κ3) is 5.38. The Morgan fingerprint density at radius 1 is 0.906 bits per heavy atom. The van der Waals surface area contributed by atoms with Gasteiger partial charge >= 0.3 is 0 Å². The van der Waals surface area contributed by atoms with E-state index in [0.717, 1.165) is 29.7 Å². The van der Waals surface area contributed by atoms with E-state index >= 15 is 0 Å². The highest BCUT2D eigenvalue weighted by Crippen LogP contribution is 2.43. The third-order valence-corrected chi connectivity index (χ3v) is 6.57. The van der Waals surface area contributed by atoms with E-state index in [9.17, 15) is 4.79 Å². The summed E-state index contributed by atoms with van der Waals surface area (Å²) in [5.74, 6) is 0.886. The maximum absolute atomic E-state index is 12.9. The van der Waals surface area contributed by atoms with Crippen LogP contribution in [0.5, 0.6) is 5.75 Å². The van der Waals surface area contributed by atoms with E-state index in [1.165, 1.54) is 12.0 Å². The molecule has 2 N–H and O–H groups in total. The second-order valence-corrected chi connectivity index (χ2v) is 8.68. The molecule has 0 bridgehead atoms. The molecule has 0 saturated heterocycles. The van der Waals surface area contributed by atoms with E-state index in [2.05, 4.69) is 47.0 Å². The minimum atomic E-state index is -0.265. The SMILES string of the molecule is CNC(Cc1ccc(OCc2ccccc2)cc1)C(=O)NCC1(c2ccccc2)CCC1. The van der Waals surface area contributed by atoms with E-state index in [1.54, 1.807) is 0 Å². The number of likely N-dealkylation sites (N-methyl/N-ethyl adjacent to an activating group) is 1. The smallest absolute Gasteiger partial charge is 0.237 e. The quantitative estimate of drug-likeness (QED) is 0.495. The first kappa shape index (κ1) is 22.1. The Morgan fingerprint density at radius 2 is 1.56 bits per heavy atom. The monoisotopic (exact) mass is 428 g/mol. The molecule has 1 unspecified atom stereocenters. The average Bonchev–Trinajstić information content (AvgIpc) is 2.82. The minimum absolute atomic E-state index is 0.0547. The van der Waals surface area contributed by atoms with Gasteiger partial charge in [0.1, 0.15) is 12.4 Å². The zero-order valence-corrected chi connectivity index (χ0v) is 18.7. The van der Waals surface area contributed by atoms with Gasteiger partial charge in [-0.15, -0.1) is 0 Å². The van der Waals surface area contributed by atoms with Gasteiger partial charge in [-0.1, -0.05) is 79.2 Å². The summed E-state index contributed by atoms with van der Waals surface area (Å²) in [6.07, 6.45) is 4.12. The molecular formula is C28H32N2O2. The molecule has 4 heteroatoms. The van der Waals surface area contributed by atoms with Crippen LogP contribution in [0.1, 0.15) is 36.0 Å². The number of nitrogens with one attached hydrogen (secondary N) is 2. The largest absolute Gasteiger partial charge is 0.489 e. The zero-order valence-electron chi connectivity index (χ0n) is 18.7. The molecule has 0 aliphatic heterocycles. The molecule has 1 saturated carbocycles. The van der Waals surface area contributed by atoms with Crippen LogP contribution < -0.4 is 15.4 Å². The van der Waals surface area contributed by atoms with Crippen LogP contribution in [0.15, 0.2) is 84.9 Å². The highest BCUT2D eigenvalue weighted by molar-refractivity contribution is 5.82. The van der Waals surface area contributed by atoms with E-state index in [0.29, 0.717) is 19.6 Å². The molecule has 166 valence electrons. The van der Waals surface area contributed by atoms with Gasteiger partial charge in [0.25, 0.3) is 0 Å². The molecule has 1 aliphatic carbocycles. The first-order valence-corrected chi connectivity index (χ1v) is 11.4. The van der Waals surface area contributed by atoms with Crippen molar-refractivity contribution in [3.63, 3.8) is 0 Å². The number of ether oxygens (including phenoxy) is 1. The van der Waals surface area contributed by atoms with Gasteiger partial charge < -0.3 is 15.4 Å². The Hall–Kier alpha value is -3.11. The molecule has 0 spiro atoms. The van der Waals surface area contributed by atoms with E-state index in [1.807, 2.05) is 55.6 Å². The van der Waals surface area contributed by atoms with Crippen LogP contribution in [0.2, 0.25) is 0 Å². The summed E-state index contributed by atoms with van der Waals surface area (Å²) in [6.45, 7) is 1.24. The van der Waals surface area contributed by atoms with E-state index in [-0.39, 0.29) is 17.4 Å². The van der Waals surface area contributed by atoms with Crippen molar-refractivity contribution in [1.29, 1.82) is 0 Å². The van der Waals surface area contributed by atoms with Crippen LogP contribution in [0.25, 0.3) is 0 Å². The Labute approximate surface area is 191 Å². The minimum Gasteiger partial charge on any atom is -0.489 e. The number of hydrogen-bond donors (Lipinski definition) is 2. The summed E-state index contributed by atoms with van der Waals surface area (Å²) in [7, 11) is 1.85. The number of benzene rings is 3. The lowest BCUT2D eigenvalue weighted by Gasteiger charge is -2.43. The second kappa shape index (κ2) is 10.5. The molecule has 1 atom stereocenters. The van der Waals surface area contributed by atoms with Gasteiger partial charge in [-0.25, -0.2) is 0 Å². The van der Waals surface area contributed by atoms with Crippen molar-refractivity contribution in [3.8, 4) is 5.75 Å². The van der Waals surface area contributed by atoms with Crippen molar-refractivity contribution in [2.75, 3.05) is 13.6 Å². The van der Waals surface area contributed by atoms with Crippen LogP contribution in [-0.2, 0) is 23.2 Å². The molecule has 1 amide bonds. The topological polar surface area (TPSA) is 50.4 Å². The summed E-state index contributed by atoms with van der Waals surface area (Å²) >= 11 is 0. The Morgan fingerprint density at radius 3 is 2.16 bits per heavy atom. The lowest BCUT2D eigenvalue weighted by molar-refractivity contribution is -0.123. The standard InChI is InChI=1S/C28H32N2O2/c1-29-26(27(31)30-21-28(17-8-18-28)24-11-6-3-7-12-24)19-22-13-15-25(16-14-22)32-20-23-9-4-2-5-10-23/h2-7,9-16,26,29H,8,17-21H2,1H3,(H,30,31). The summed E-state index contributed by atoms with van der Waals surface area (Å²) in [5, 5.41) is 6.40. The molecule has 0 radical (unpaired) electrons. The van der Waals surface area contributed by atoms with Crippen LogP contribution >= 0.6 is 0 Å². The fourth-order valence-corrected chi connectivity index (χ4v) is 4.37. The Bertz CT molecular complexity index is 983. The lowest BCUT2D eigenvalue weighted by Crippen LogP contribution is -2.50. The molecule has 0 aromatic heterocycles. The van der Waals surface area contributed by atoms with Crippen molar-refractivity contribution in [2.45, 2.75) is 43.7 Å². The predicted molar refractivity (Wildman–Crippen MR) is 129 cm³/mol. The lowest BCUT2D eigenvalue weighted by atomic mass is 9.64. The molecule has 4 rings (SSSR count). The molecule has 3 aromatic carbocycles. The van der Waals surface area contributed by atoms with Gasteiger partial charge in [0.15, 0.2) is 0 Å². The molecule has 4 nitrogen and oxygen atoms in total. The number of carbonyl (C=O) groups is 1. The van der Waals surface area contributed by atoms with Crippen molar-refractivity contribution in [2.24, 2.45) is 0 Å². The molecule has 1 aliphatic rings. The van der Waals surface area contributed by atoms with Crippen molar-refractivity contribution in [3.05, 3.63) is 102 Å². The highest BCUT2D eigenvalue weighted by Gasteiger charge is 2.39. The van der Waals surface area contributed by atoms with Gasteiger partial charge in [0.2, 0.25) is 5.91 Å². The number of rotatable bonds is 10. The summed E-state index contributed by atoms with van der Waals surface area (Å²) < 4.78 is 5.87. The summed E-state index contributed by atoms with van der Waals surface area (Å²) in [5.41, 5.74) is 3.67. The van der Waals surface area contributed by atoms with Crippen molar-refractivity contribution >= 4 is 5.91 Å². The molecule has 1 fully saturated rings. The number of carbonyl (C=O) groups excluding carboxylic acids is 1. The molecule has 3 aromatic rings. The fraction of sp³-hybridized carbons (Fsp3) is 0.321. The number of amides is 1. The van der Waals surface area contributed by atoms with Gasteiger partial charge in [0.05, 0.1) is 6.04 Å². The van der Waals surface area contributed by atoms with Gasteiger partial charge in [0, 0.05) is 12.0 Å². The fourth-order valence-electron chi connectivity index (χ4n) is 4.37. The van der Waals surface area contributed by atoms with Crippen LogP contribution in [0.4, 0.5) is 0 Å². The van der Waals surface area contributed by atoms with Crippen molar-refractivity contribution in [1.82, 2.24) is 10.6 Å². The maximum Gasteiger partial charge on any atom is 0.237 e. The zero-order chi connectivity index (χ0) is 22.2. The van der Waals surface area contributed by atoms with Crippen molar-refractivity contribution < 1.29 is 9.53 Å². The third-order valence-electron chi connectivity index (χ3n) is 6.57. The maximum atomic E-state index is 12.9. The van der Waals surface area contributed by atoms with Gasteiger partial charge in [-0.3, -0.25) is 4.79 Å². The Kier molecular flexibility index (Phi) is 7.23. The molecular weight excluding hydrogens is 396 g/mol.